The molecule has 1 heterocycles. The highest BCUT2D eigenvalue weighted by molar-refractivity contribution is 9.10. The van der Waals surface area contributed by atoms with Gasteiger partial charge in [0.15, 0.2) is 11.5 Å². The highest BCUT2D eigenvalue weighted by Gasteiger charge is 2.35. The number of fused-ring (bicyclic) bond motifs is 1. The third-order valence-electron chi connectivity index (χ3n) is 4.29. The molecular formula is C18H20BrN5O3. The van der Waals surface area contributed by atoms with Crippen molar-refractivity contribution in [1.29, 1.82) is 0 Å². The topological polar surface area (TPSA) is 87.9 Å². The van der Waals surface area contributed by atoms with Crippen molar-refractivity contribution in [3.63, 3.8) is 0 Å². The molecule has 0 aromatic heterocycles. The van der Waals surface area contributed by atoms with E-state index in [9.17, 15) is 4.79 Å². The van der Waals surface area contributed by atoms with Crippen LogP contribution in [0.15, 0.2) is 56.3 Å². The molecule has 142 valence electrons. The van der Waals surface area contributed by atoms with Gasteiger partial charge in [-0.15, -0.1) is 0 Å². The number of methoxy groups -OCH3 is 2. The van der Waals surface area contributed by atoms with Gasteiger partial charge in [0.25, 0.3) is 5.91 Å². The minimum atomic E-state index is -0.505. The molecule has 2 aliphatic rings. The summed E-state index contributed by atoms with van der Waals surface area (Å²) in [5, 5.41) is 14.0. The van der Waals surface area contributed by atoms with E-state index in [2.05, 4.69) is 36.8 Å². The fraction of sp³-hybridized carbons (Fsp3) is 0.333. The molecule has 27 heavy (non-hydrogen) atoms. The normalized spacial score (nSPS) is 21.4. The average Bonchev–Trinajstić information content (AvgIpc) is 3.10. The second kappa shape index (κ2) is 8.34. The van der Waals surface area contributed by atoms with Gasteiger partial charge in [-0.05, 0) is 40.5 Å². The quantitative estimate of drug-likeness (QED) is 0.551. The highest BCUT2D eigenvalue weighted by Crippen LogP contribution is 2.35. The van der Waals surface area contributed by atoms with Gasteiger partial charge in [0.2, 0.25) is 0 Å². The summed E-state index contributed by atoms with van der Waals surface area (Å²) >= 11 is 3.42. The zero-order valence-corrected chi connectivity index (χ0v) is 16.8. The summed E-state index contributed by atoms with van der Waals surface area (Å²) in [6.07, 6.45) is 9.35. The van der Waals surface area contributed by atoms with Gasteiger partial charge in [0.1, 0.15) is 12.1 Å². The SMILES string of the molecule is COc1cc(/C=N/NC(=O)C(C)N2N=NC3C=CC=CC32)cc(Br)c1OC. The van der Waals surface area contributed by atoms with E-state index in [1.807, 2.05) is 30.4 Å². The molecule has 1 aliphatic carbocycles. The van der Waals surface area contributed by atoms with E-state index >= 15 is 0 Å². The number of carbonyl (C=O) groups excluding carboxylic acids is 1. The van der Waals surface area contributed by atoms with Crippen LogP contribution in [0.1, 0.15) is 12.5 Å². The summed E-state index contributed by atoms with van der Waals surface area (Å²) in [6, 6.07) is 2.99. The van der Waals surface area contributed by atoms with Crippen molar-refractivity contribution in [2.24, 2.45) is 15.4 Å². The van der Waals surface area contributed by atoms with Gasteiger partial charge in [-0.25, -0.2) is 5.43 Å². The molecule has 3 rings (SSSR count). The lowest BCUT2D eigenvalue weighted by atomic mass is 10.0. The molecule has 1 aromatic rings. The Labute approximate surface area is 165 Å². The minimum Gasteiger partial charge on any atom is -0.493 e. The number of benzene rings is 1. The predicted octanol–water partition coefficient (Wildman–Crippen LogP) is 2.85. The van der Waals surface area contributed by atoms with E-state index in [0.29, 0.717) is 11.5 Å². The molecule has 1 N–H and O–H groups in total. The molecule has 0 saturated carbocycles. The summed E-state index contributed by atoms with van der Waals surface area (Å²) in [5.74, 6) is 0.887. The molecule has 0 fully saturated rings. The van der Waals surface area contributed by atoms with Crippen LogP contribution < -0.4 is 14.9 Å². The molecule has 1 amide bonds. The summed E-state index contributed by atoms with van der Waals surface area (Å²) in [4.78, 5) is 12.4. The van der Waals surface area contributed by atoms with Crippen molar-refractivity contribution in [1.82, 2.24) is 10.4 Å². The van der Waals surface area contributed by atoms with Crippen LogP contribution in [0.25, 0.3) is 0 Å². The first kappa shape index (κ1) is 19.1. The number of nitrogens with zero attached hydrogens (tertiary/aromatic N) is 4. The standard InChI is InChI=1S/C18H20BrN5O3/c1-11(24-15-7-5-4-6-14(15)21-23-24)18(25)22-20-10-12-8-13(19)17(27-3)16(9-12)26-2/h4-11,14-15H,1-3H3,(H,22,25)/b20-10+. The van der Waals surface area contributed by atoms with Crippen molar-refractivity contribution in [2.75, 3.05) is 14.2 Å². The lowest BCUT2D eigenvalue weighted by Crippen LogP contribution is -2.46. The fourth-order valence-corrected chi connectivity index (χ4v) is 3.47. The predicted molar refractivity (Wildman–Crippen MR) is 105 cm³/mol. The van der Waals surface area contributed by atoms with Crippen LogP contribution in [0.5, 0.6) is 11.5 Å². The number of nitrogens with one attached hydrogen (secondary N) is 1. The first-order valence-electron chi connectivity index (χ1n) is 8.33. The number of rotatable bonds is 6. The van der Waals surface area contributed by atoms with Gasteiger partial charge in [-0.2, -0.15) is 10.2 Å². The Bertz CT molecular complexity index is 837. The van der Waals surface area contributed by atoms with Crippen molar-refractivity contribution in [3.8, 4) is 11.5 Å². The number of amides is 1. The Hall–Kier alpha value is -2.68. The van der Waals surface area contributed by atoms with Crippen LogP contribution in [-0.4, -0.2) is 49.5 Å². The Morgan fingerprint density at radius 3 is 2.85 bits per heavy atom. The Morgan fingerprint density at radius 1 is 1.33 bits per heavy atom. The molecule has 8 nitrogen and oxygen atoms in total. The zero-order valence-electron chi connectivity index (χ0n) is 15.2. The number of allylic oxidation sites excluding steroid dienone is 2. The van der Waals surface area contributed by atoms with Crippen molar-refractivity contribution < 1.29 is 14.3 Å². The molecule has 0 bridgehead atoms. The smallest absolute Gasteiger partial charge is 0.264 e. The largest absolute Gasteiger partial charge is 0.493 e. The van der Waals surface area contributed by atoms with Gasteiger partial charge in [-0.3, -0.25) is 9.80 Å². The van der Waals surface area contributed by atoms with Gasteiger partial charge in [-0.1, -0.05) is 29.5 Å². The zero-order chi connectivity index (χ0) is 19.4. The molecule has 0 saturated heterocycles. The van der Waals surface area contributed by atoms with E-state index in [4.69, 9.17) is 9.47 Å². The third kappa shape index (κ3) is 4.02. The van der Waals surface area contributed by atoms with Gasteiger partial charge in [0.05, 0.1) is 30.9 Å². The number of hydrogen-bond acceptors (Lipinski definition) is 7. The van der Waals surface area contributed by atoms with Crippen molar-refractivity contribution in [2.45, 2.75) is 25.0 Å². The second-order valence-electron chi connectivity index (χ2n) is 5.98. The van der Waals surface area contributed by atoms with E-state index in [-0.39, 0.29) is 18.0 Å². The summed E-state index contributed by atoms with van der Waals surface area (Å²) in [6.45, 7) is 1.77. The number of hydrazone groups is 1. The van der Waals surface area contributed by atoms with Crippen LogP contribution in [0, 0.1) is 0 Å². The molecular weight excluding hydrogens is 414 g/mol. The number of hydrogen-bond donors (Lipinski definition) is 1. The molecule has 0 radical (unpaired) electrons. The maximum absolute atomic E-state index is 12.4. The van der Waals surface area contributed by atoms with E-state index in [1.165, 1.54) is 6.21 Å². The Kier molecular flexibility index (Phi) is 5.90. The number of halogens is 1. The molecule has 9 heteroatoms. The van der Waals surface area contributed by atoms with E-state index in [0.717, 1.165) is 10.0 Å². The number of ether oxygens (including phenoxy) is 2. The van der Waals surface area contributed by atoms with Crippen LogP contribution in [0.4, 0.5) is 0 Å². The maximum Gasteiger partial charge on any atom is 0.264 e. The van der Waals surface area contributed by atoms with Crippen LogP contribution in [0.3, 0.4) is 0 Å². The summed E-state index contributed by atoms with van der Waals surface area (Å²) in [7, 11) is 3.12. The van der Waals surface area contributed by atoms with Gasteiger partial charge in [0, 0.05) is 0 Å². The van der Waals surface area contributed by atoms with Gasteiger partial charge < -0.3 is 9.47 Å². The first-order valence-corrected chi connectivity index (χ1v) is 9.13. The van der Waals surface area contributed by atoms with Crippen molar-refractivity contribution >= 4 is 28.1 Å². The fourth-order valence-electron chi connectivity index (χ4n) is 2.85. The molecule has 1 aliphatic heterocycles. The molecule has 0 spiro atoms. The summed E-state index contributed by atoms with van der Waals surface area (Å²) < 4.78 is 11.3. The molecule has 3 unspecified atom stereocenters. The molecule has 1 aromatic carbocycles. The molecule has 3 atom stereocenters. The Balaban J connectivity index is 1.64. The lowest BCUT2D eigenvalue weighted by molar-refractivity contribution is -0.126. The van der Waals surface area contributed by atoms with Crippen molar-refractivity contribution in [3.05, 3.63) is 46.5 Å². The lowest BCUT2D eigenvalue weighted by Gasteiger charge is -2.27. The van der Waals surface area contributed by atoms with Crippen LogP contribution in [-0.2, 0) is 4.79 Å². The maximum atomic E-state index is 12.4. The van der Waals surface area contributed by atoms with Gasteiger partial charge >= 0.3 is 0 Å². The monoisotopic (exact) mass is 433 g/mol. The van der Waals surface area contributed by atoms with Crippen LogP contribution in [0.2, 0.25) is 0 Å². The summed E-state index contributed by atoms with van der Waals surface area (Å²) in [5.41, 5.74) is 3.29. The minimum absolute atomic E-state index is 0.0402. The van der Waals surface area contributed by atoms with E-state index < -0.39 is 6.04 Å². The Morgan fingerprint density at radius 2 is 2.11 bits per heavy atom. The average molecular weight is 434 g/mol. The number of carbonyl (C=O) groups is 1. The van der Waals surface area contributed by atoms with E-state index in [1.54, 1.807) is 32.2 Å². The highest BCUT2D eigenvalue weighted by atomic mass is 79.9. The third-order valence-corrected chi connectivity index (χ3v) is 4.88. The first-order chi connectivity index (χ1) is 13.0. The second-order valence-corrected chi connectivity index (χ2v) is 6.84. The van der Waals surface area contributed by atoms with Crippen LogP contribution >= 0.6 is 15.9 Å².